The number of nitrogens with zero attached hydrogens (tertiary/aromatic N) is 4. The van der Waals surface area contributed by atoms with Crippen LogP contribution in [-0.4, -0.2) is 19.7 Å². The van der Waals surface area contributed by atoms with E-state index in [0.29, 0.717) is 12.4 Å². The van der Waals surface area contributed by atoms with Crippen LogP contribution in [0.3, 0.4) is 0 Å². The average Bonchev–Trinajstić information content (AvgIpc) is 3.03. The molecular weight excluding hydrogens is 282 g/mol. The summed E-state index contributed by atoms with van der Waals surface area (Å²) in [4.78, 5) is 14.1. The van der Waals surface area contributed by atoms with E-state index in [4.69, 9.17) is 0 Å². The van der Waals surface area contributed by atoms with Crippen molar-refractivity contribution in [2.75, 3.05) is 5.32 Å². The van der Waals surface area contributed by atoms with E-state index < -0.39 is 4.92 Å². The van der Waals surface area contributed by atoms with Crippen molar-refractivity contribution in [2.45, 2.75) is 6.54 Å². The Bertz CT molecular complexity index is 768. The first-order valence-corrected chi connectivity index (χ1v) is 6.66. The Morgan fingerprint density at radius 1 is 1.14 bits per heavy atom. The standard InChI is InChI=1S/C15H13N5O2/c21-20(22)14-6-7-15(17-10-14)16-8-12-9-18-19(11-12)13-4-2-1-3-5-13/h1-7,9-11H,8H2,(H,16,17). The van der Waals surface area contributed by atoms with E-state index in [1.54, 1.807) is 16.9 Å². The van der Waals surface area contributed by atoms with Crippen LogP contribution in [0.15, 0.2) is 61.1 Å². The van der Waals surface area contributed by atoms with E-state index >= 15 is 0 Å². The Kier molecular flexibility index (Phi) is 3.78. The van der Waals surface area contributed by atoms with Gasteiger partial charge in [0.05, 0.1) is 16.8 Å². The molecular formula is C15H13N5O2. The molecule has 1 aromatic carbocycles. The molecule has 0 bridgehead atoms. The van der Waals surface area contributed by atoms with Crippen LogP contribution in [-0.2, 0) is 6.54 Å². The maximum atomic E-state index is 10.6. The summed E-state index contributed by atoms with van der Waals surface area (Å²) in [5.41, 5.74) is 1.95. The first-order chi connectivity index (χ1) is 10.7. The molecule has 0 aliphatic heterocycles. The monoisotopic (exact) mass is 295 g/mol. The highest BCUT2D eigenvalue weighted by Crippen LogP contribution is 2.13. The topological polar surface area (TPSA) is 85.9 Å². The van der Waals surface area contributed by atoms with Crippen molar-refractivity contribution in [1.29, 1.82) is 0 Å². The number of anilines is 1. The number of hydrogen-bond acceptors (Lipinski definition) is 5. The van der Waals surface area contributed by atoms with E-state index in [1.807, 2.05) is 36.5 Å². The number of nitrogens with one attached hydrogen (secondary N) is 1. The van der Waals surface area contributed by atoms with Crippen LogP contribution in [0.25, 0.3) is 5.69 Å². The Morgan fingerprint density at radius 2 is 1.95 bits per heavy atom. The first kappa shape index (κ1) is 13.7. The molecule has 0 atom stereocenters. The highest BCUT2D eigenvalue weighted by molar-refractivity contribution is 5.40. The van der Waals surface area contributed by atoms with Gasteiger partial charge >= 0.3 is 0 Å². The molecule has 2 heterocycles. The second-order valence-corrected chi connectivity index (χ2v) is 4.64. The molecule has 7 heteroatoms. The van der Waals surface area contributed by atoms with Crippen LogP contribution >= 0.6 is 0 Å². The molecule has 0 aliphatic carbocycles. The molecule has 110 valence electrons. The molecule has 3 aromatic rings. The van der Waals surface area contributed by atoms with Gasteiger partial charge in [-0.1, -0.05) is 18.2 Å². The molecule has 0 fully saturated rings. The second kappa shape index (κ2) is 6.04. The smallest absolute Gasteiger partial charge is 0.287 e. The lowest BCUT2D eigenvalue weighted by atomic mass is 10.3. The summed E-state index contributed by atoms with van der Waals surface area (Å²) in [5, 5.41) is 18.0. The fourth-order valence-corrected chi connectivity index (χ4v) is 1.96. The van der Waals surface area contributed by atoms with Crippen molar-refractivity contribution < 1.29 is 4.92 Å². The quantitative estimate of drug-likeness (QED) is 0.578. The number of benzene rings is 1. The molecule has 0 radical (unpaired) electrons. The fraction of sp³-hybridized carbons (Fsp3) is 0.0667. The van der Waals surface area contributed by atoms with Gasteiger partial charge in [0.25, 0.3) is 5.69 Å². The van der Waals surface area contributed by atoms with Gasteiger partial charge in [0.15, 0.2) is 0 Å². The normalized spacial score (nSPS) is 10.4. The number of para-hydroxylation sites is 1. The van der Waals surface area contributed by atoms with Crippen LogP contribution in [0, 0.1) is 10.1 Å². The summed E-state index contributed by atoms with van der Waals surface area (Å²) in [6, 6.07) is 12.8. The van der Waals surface area contributed by atoms with Crippen LogP contribution in [0.2, 0.25) is 0 Å². The lowest BCUT2D eigenvalue weighted by Crippen LogP contribution is -2.01. The molecule has 0 unspecified atom stereocenters. The van der Waals surface area contributed by atoms with Gasteiger partial charge in [-0.25, -0.2) is 9.67 Å². The third kappa shape index (κ3) is 3.09. The van der Waals surface area contributed by atoms with E-state index in [0.717, 1.165) is 11.3 Å². The Balaban J connectivity index is 1.65. The SMILES string of the molecule is O=[N+]([O-])c1ccc(NCc2cnn(-c3ccccc3)c2)nc1. The van der Waals surface area contributed by atoms with E-state index in [-0.39, 0.29) is 5.69 Å². The number of pyridine rings is 1. The summed E-state index contributed by atoms with van der Waals surface area (Å²) in [5.74, 6) is 0.582. The van der Waals surface area contributed by atoms with Gasteiger partial charge in [-0.15, -0.1) is 0 Å². The van der Waals surface area contributed by atoms with Gasteiger partial charge in [-0.05, 0) is 18.2 Å². The molecule has 0 saturated heterocycles. The van der Waals surface area contributed by atoms with Gasteiger partial charge < -0.3 is 5.32 Å². The van der Waals surface area contributed by atoms with Crippen molar-refractivity contribution in [3.8, 4) is 5.69 Å². The lowest BCUT2D eigenvalue weighted by Gasteiger charge is -2.03. The van der Waals surface area contributed by atoms with Crippen LogP contribution in [0.5, 0.6) is 0 Å². The van der Waals surface area contributed by atoms with Crippen molar-refractivity contribution in [1.82, 2.24) is 14.8 Å². The minimum Gasteiger partial charge on any atom is -0.366 e. The molecule has 1 N–H and O–H groups in total. The zero-order valence-electron chi connectivity index (χ0n) is 11.6. The van der Waals surface area contributed by atoms with Crippen LogP contribution in [0.1, 0.15) is 5.56 Å². The molecule has 7 nitrogen and oxygen atoms in total. The van der Waals surface area contributed by atoms with Gasteiger partial charge in [-0.3, -0.25) is 10.1 Å². The molecule has 2 aromatic heterocycles. The highest BCUT2D eigenvalue weighted by Gasteiger charge is 2.05. The predicted molar refractivity (Wildman–Crippen MR) is 81.8 cm³/mol. The number of nitro groups is 1. The Morgan fingerprint density at radius 3 is 2.64 bits per heavy atom. The minimum absolute atomic E-state index is 0.0255. The van der Waals surface area contributed by atoms with Crippen molar-refractivity contribution >= 4 is 11.5 Å². The minimum atomic E-state index is -0.472. The summed E-state index contributed by atoms with van der Waals surface area (Å²) in [7, 11) is 0. The summed E-state index contributed by atoms with van der Waals surface area (Å²) < 4.78 is 1.79. The third-order valence-corrected chi connectivity index (χ3v) is 3.09. The zero-order chi connectivity index (χ0) is 15.4. The van der Waals surface area contributed by atoms with Crippen LogP contribution < -0.4 is 5.32 Å². The first-order valence-electron chi connectivity index (χ1n) is 6.66. The largest absolute Gasteiger partial charge is 0.366 e. The van der Waals surface area contributed by atoms with E-state index in [2.05, 4.69) is 15.4 Å². The Hall–Kier alpha value is -3.22. The lowest BCUT2D eigenvalue weighted by molar-refractivity contribution is -0.385. The third-order valence-electron chi connectivity index (χ3n) is 3.09. The average molecular weight is 295 g/mol. The Labute approximate surface area is 126 Å². The maximum Gasteiger partial charge on any atom is 0.287 e. The maximum absolute atomic E-state index is 10.6. The van der Waals surface area contributed by atoms with Crippen molar-refractivity contribution in [3.05, 3.63) is 76.7 Å². The van der Waals surface area contributed by atoms with Crippen molar-refractivity contribution in [3.63, 3.8) is 0 Å². The molecule has 0 spiro atoms. The molecule has 0 saturated carbocycles. The van der Waals surface area contributed by atoms with E-state index in [1.165, 1.54) is 12.3 Å². The van der Waals surface area contributed by atoms with Gasteiger partial charge in [0.1, 0.15) is 12.0 Å². The zero-order valence-corrected chi connectivity index (χ0v) is 11.6. The van der Waals surface area contributed by atoms with Gasteiger partial charge in [0.2, 0.25) is 0 Å². The molecule has 22 heavy (non-hydrogen) atoms. The summed E-state index contributed by atoms with van der Waals surface area (Å²) in [6.07, 6.45) is 4.93. The highest BCUT2D eigenvalue weighted by atomic mass is 16.6. The van der Waals surface area contributed by atoms with E-state index in [9.17, 15) is 10.1 Å². The summed E-state index contributed by atoms with van der Waals surface area (Å²) in [6.45, 7) is 0.539. The summed E-state index contributed by atoms with van der Waals surface area (Å²) >= 11 is 0. The van der Waals surface area contributed by atoms with Gasteiger partial charge in [0, 0.05) is 24.4 Å². The predicted octanol–water partition coefficient (Wildman–Crippen LogP) is 2.79. The van der Waals surface area contributed by atoms with Crippen molar-refractivity contribution in [2.24, 2.45) is 0 Å². The fourth-order valence-electron chi connectivity index (χ4n) is 1.96. The van der Waals surface area contributed by atoms with Gasteiger partial charge in [-0.2, -0.15) is 5.10 Å². The second-order valence-electron chi connectivity index (χ2n) is 4.64. The molecule has 0 aliphatic rings. The van der Waals surface area contributed by atoms with Crippen LogP contribution in [0.4, 0.5) is 11.5 Å². The molecule has 0 amide bonds. The number of rotatable bonds is 5. The number of aromatic nitrogens is 3. The molecule has 3 rings (SSSR count). The number of hydrogen-bond donors (Lipinski definition) is 1.